The van der Waals surface area contributed by atoms with Crippen LogP contribution in [0.3, 0.4) is 0 Å². The van der Waals surface area contributed by atoms with E-state index < -0.39 is 11.7 Å². The first-order chi connectivity index (χ1) is 16.2. The lowest BCUT2D eigenvalue weighted by Gasteiger charge is -2.21. The third-order valence-corrected chi connectivity index (χ3v) is 5.75. The Morgan fingerprint density at radius 2 is 1.85 bits per heavy atom. The van der Waals surface area contributed by atoms with Crippen molar-refractivity contribution in [2.24, 2.45) is 0 Å². The molecule has 0 saturated carbocycles. The summed E-state index contributed by atoms with van der Waals surface area (Å²) in [5.41, 5.74) is 4.06. The van der Waals surface area contributed by atoms with Gasteiger partial charge in [-0.25, -0.2) is 0 Å². The van der Waals surface area contributed by atoms with Gasteiger partial charge in [-0.2, -0.15) is 18.4 Å². The van der Waals surface area contributed by atoms with Gasteiger partial charge in [0, 0.05) is 42.1 Å². The molecule has 0 aliphatic carbocycles. The molecule has 0 bridgehead atoms. The standard InChI is InChI=1S/C24H23F3N4.CH2O2/c1-15-9-20-22(30-16(2)10-23(20)31-7-3-4-8-31)11-18(15)14-29-19-6-5-17(13-28)21(12-19)24(25,26)27;2-1-3/h5-6,9-12,29H,3-4,7-8,14H2,1-2H3;1H,(H,2,3). The van der Waals surface area contributed by atoms with Crippen LogP contribution >= 0.6 is 0 Å². The smallest absolute Gasteiger partial charge is 0.417 e. The van der Waals surface area contributed by atoms with E-state index in [-0.39, 0.29) is 12.0 Å². The molecule has 4 rings (SSSR count). The molecular formula is C25H25F3N4O2. The molecule has 0 amide bonds. The summed E-state index contributed by atoms with van der Waals surface area (Å²) in [6, 6.07) is 11.5. The van der Waals surface area contributed by atoms with Crippen molar-refractivity contribution in [1.82, 2.24) is 4.98 Å². The molecule has 9 heteroatoms. The van der Waals surface area contributed by atoms with Crippen LogP contribution in [0.2, 0.25) is 0 Å². The second-order valence-electron chi connectivity index (χ2n) is 8.10. The molecule has 34 heavy (non-hydrogen) atoms. The van der Waals surface area contributed by atoms with E-state index in [2.05, 4.69) is 22.3 Å². The summed E-state index contributed by atoms with van der Waals surface area (Å²) in [6.45, 7) is 6.18. The van der Waals surface area contributed by atoms with Crippen LogP contribution in [0.25, 0.3) is 10.9 Å². The zero-order valence-electron chi connectivity index (χ0n) is 18.9. The number of alkyl halides is 3. The minimum Gasteiger partial charge on any atom is -0.483 e. The van der Waals surface area contributed by atoms with Gasteiger partial charge in [0.15, 0.2) is 0 Å². The molecular weight excluding hydrogens is 445 g/mol. The van der Waals surface area contributed by atoms with Gasteiger partial charge in [-0.1, -0.05) is 0 Å². The fourth-order valence-electron chi connectivity index (χ4n) is 4.13. The highest BCUT2D eigenvalue weighted by Gasteiger charge is 2.33. The van der Waals surface area contributed by atoms with Crippen molar-refractivity contribution < 1.29 is 23.1 Å². The molecule has 6 nitrogen and oxygen atoms in total. The monoisotopic (exact) mass is 470 g/mol. The molecule has 1 saturated heterocycles. The van der Waals surface area contributed by atoms with E-state index in [0.717, 1.165) is 46.9 Å². The number of nitriles is 1. The molecule has 178 valence electrons. The summed E-state index contributed by atoms with van der Waals surface area (Å²) in [4.78, 5) is 15.4. The Balaban J connectivity index is 0.00000103. The van der Waals surface area contributed by atoms with Gasteiger partial charge in [-0.3, -0.25) is 9.78 Å². The molecule has 2 aromatic carbocycles. The fraction of sp³-hybridized carbons (Fsp3) is 0.320. The van der Waals surface area contributed by atoms with Crippen molar-refractivity contribution in [3.8, 4) is 6.07 Å². The van der Waals surface area contributed by atoms with E-state index in [4.69, 9.17) is 20.1 Å². The van der Waals surface area contributed by atoms with E-state index in [1.54, 1.807) is 6.07 Å². The topological polar surface area (TPSA) is 89.3 Å². The molecule has 3 aromatic rings. The zero-order valence-corrected chi connectivity index (χ0v) is 18.9. The minimum atomic E-state index is -4.57. The van der Waals surface area contributed by atoms with E-state index in [1.165, 1.54) is 30.7 Å². The molecule has 2 heterocycles. The highest BCUT2D eigenvalue weighted by Crippen LogP contribution is 2.34. The van der Waals surface area contributed by atoms with E-state index in [9.17, 15) is 13.2 Å². The Morgan fingerprint density at radius 3 is 2.47 bits per heavy atom. The van der Waals surface area contributed by atoms with Crippen LogP contribution < -0.4 is 10.2 Å². The van der Waals surface area contributed by atoms with Crippen LogP contribution in [-0.4, -0.2) is 29.7 Å². The number of nitrogens with one attached hydrogen (secondary N) is 1. The van der Waals surface area contributed by atoms with Crippen LogP contribution in [0, 0.1) is 25.2 Å². The molecule has 2 N–H and O–H groups in total. The van der Waals surface area contributed by atoms with Gasteiger partial charge in [0.1, 0.15) is 0 Å². The van der Waals surface area contributed by atoms with Gasteiger partial charge < -0.3 is 15.3 Å². The molecule has 0 radical (unpaired) electrons. The maximum absolute atomic E-state index is 13.2. The normalized spacial score (nSPS) is 13.2. The molecule has 0 atom stereocenters. The SMILES string of the molecule is Cc1cc(N2CCCC2)c2cc(C)c(CNc3ccc(C#N)c(C(F)(F)F)c3)cc2n1.O=CO. The first-order valence-corrected chi connectivity index (χ1v) is 10.8. The Kier molecular flexibility index (Phi) is 7.61. The number of hydrogen-bond acceptors (Lipinski definition) is 5. The first-order valence-electron chi connectivity index (χ1n) is 10.8. The summed E-state index contributed by atoms with van der Waals surface area (Å²) in [6.07, 6.45) is -2.20. The number of halogens is 3. The van der Waals surface area contributed by atoms with Crippen molar-refractivity contribution in [2.45, 2.75) is 39.4 Å². The van der Waals surface area contributed by atoms with E-state index in [1.807, 2.05) is 19.9 Å². The molecule has 1 aromatic heterocycles. The van der Waals surface area contributed by atoms with Crippen molar-refractivity contribution >= 4 is 28.7 Å². The highest BCUT2D eigenvalue weighted by molar-refractivity contribution is 5.93. The van der Waals surface area contributed by atoms with Gasteiger partial charge in [-0.15, -0.1) is 0 Å². The average Bonchev–Trinajstić information content (AvgIpc) is 3.32. The van der Waals surface area contributed by atoms with Crippen molar-refractivity contribution in [3.63, 3.8) is 0 Å². The largest absolute Gasteiger partial charge is 0.483 e. The van der Waals surface area contributed by atoms with Crippen LogP contribution in [0.5, 0.6) is 0 Å². The molecule has 0 spiro atoms. The van der Waals surface area contributed by atoms with Gasteiger partial charge in [-0.05, 0) is 74.2 Å². The summed E-state index contributed by atoms with van der Waals surface area (Å²) < 4.78 is 39.7. The lowest BCUT2D eigenvalue weighted by molar-refractivity contribution is -0.137. The highest BCUT2D eigenvalue weighted by atomic mass is 19.4. The Morgan fingerprint density at radius 1 is 1.18 bits per heavy atom. The summed E-state index contributed by atoms with van der Waals surface area (Å²) in [7, 11) is 0. The van der Waals surface area contributed by atoms with Gasteiger partial charge in [0.05, 0.1) is 22.7 Å². The number of carbonyl (C=O) groups is 1. The molecule has 1 aliphatic rings. The van der Waals surface area contributed by atoms with Crippen LogP contribution in [0.1, 0.15) is 40.8 Å². The maximum Gasteiger partial charge on any atom is 0.417 e. The van der Waals surface area contributed by atoms with Crippen LogP contribution in [-0.2, 0) is 17.5 Å². The second kappa shape index (κ2) is 10.4. The van der Waals surface area contributed by atoms with Gasteiger partial charge in [0.2, 0.25) is 0 Å². The van der Waals surface area contributed by atoms with Crippen LogP contribution in [0.15, 0.2) is 36.4 Å². The number of benzene rings is 2. The van der Waals surface area contributed by atoms with Crippen LogP contribution in [0.4, 0.5) is 24.5 Å². The van der Waals surface area contributed by atoms with Crippen molar-refractivity contribution in [3.05, 3.63) is 64.3 Å². The predicted molar refractivity (Wildman–Crippen MR) is 125 cm³/mol. The summed E-state index contributed by atoms with van der Waals surface area (Å²) in [5.74, 6) is 0. The fourth-order valence-corrected chi connectivity index (χ4v) is 4.13. The Hall–Kier alpha value is -3.80. The number of pyridine rings is 1. The molecule has 1 aliphatic heterocycles. The third kappa shape index (κ3) is 5.57. The lowest BCUT2D eigenvalue weighted by Crippen LogP contribution is -2.18. The Labute approximate surface area is 195 Å². The first kappa shape index (κ1) is 24.8. The number of anilines is 2. The Bertz CT molecular complexity index is 1230. The van der Waals surface area contributed by atoms with Gasteiger partial charge in [0.25, 0.3) is 6.47 Å². The number of carboxylic acid groups (broad SMARTS) is 1. The summed E-state index contributed by atoms with van der Waals surface area (Å²) in [5, 5.41) is 20.0. The number of fused-ring (bicyclic) bond motifs is 1. The number of aryl methyl sites for hydroxylation is 2. The van der Waals surface area contributed by atoms with E-state index >= 15 is 0 Å². The number of aromatic nitrogens is 1. The zero-order chi connectivity index (χ0) is 24.9. The van der Waals surface area contributed by atoms with Crippen molar-refractivity contribution in [2.75, 3.05) is 23.3 Å². The average molecular weight is 470 g/mol. The van der Waals surface area contributed by atoms with E-state index in [0.29, 0.717) is 12.2 Å². The minimum absolute atomic E-state index is 0.250. The predicted octanol–water partition coefficient (Wildman–Crippen LogP) is 5.66. The summed E-state index contributed by atoms with van der Waals surface area (Å²) >= 11 is 0. The number of hydrogen-bond donors (Lipinski definition) is 2. The number of rotatable bonds is 4. The quantitative estimate of drug-likeness (QED) is 0.479. The van der Waals surface area contributed by atoms with Crippen molar-refractivity contribution in [1.29, 1.82) is 5.26 Å². The van der Waals surface area contributed by atoms with Gasteiger partial charge >= 0.3 is 6.18 Å². The third-order valence-electron chi connectivity index (χ3n) is 5.75. The number of nitrogens with zero attached hydrogens (tertiary/aromatic N) is 3. The second-order valence-corrected chi connectivity index (χ2v) is 8.10. The lowest BCUT2D eigenvalue weighted by atomic mass is 10.0. The maximum atomic E-state index is 13.2. The molecule has 1 fully saturated rings. The molecule has 0 unspecified atom stereocenters.